The van der Waals surface area contributed by atoms with Gasteiger partial charge < -0.3 is 0 Å². The highest BCUT2D eigenvalue weighted by Gasteiger charge is 2.21. The third-order valence-electron chi connectivity index (χ3n) is 2.49. The summed E-state index contributed by atoms with van der Waals surface area (Å²) in [5.41, 5.74) is 2.71. The number of carbonyl (C=O) groups is 1. The lowest BCUT2D eigenvalue weighted by Gasteiger charge is -2.12. The number of Topliss-reactive ketones (excluding diaryl/α,β-unsaturated/α-hetero) is 1. The van der Waals surface area contributed by atoms with Crippen LogP contribution in [0.2, 0.25) is 0 Å². The van der Waals surface area contributed by atoms with E-state index >= 15 is 0 Å². The van der Waals surface area contributed by atoms with Crippen LogP contribution in [-0.4, -0.2) is 5.78 Å². The van der Waals surface area contributed by atoms with Gasteiger partial charge in [0.1, 0.15) is 0 Å². The second kappa shape index (κ2) is 3.54. The Morgan fingerprint density at radius 1 is 1.31 bits per heavy atom. The van der Waals surface area contributed by atoms with E-state index in [1.54, 1.807) is 18.3 Å². The van der Waals surface area contributed by atoms with Crippen molar-refractivity contribution in [2.24, 2.45) is 0 Å². The second-order valence-corrected chi connectivity index (χ2v) is 5.76. The summed E-state index contributed by atoms with van der Waals surface area (Å²) in [7, 11) is 0. The lowest BCUT2D eigenvalue weighted by atomic mass is 9.93. The summed E-state index contributed by atoms with van der Waals surface area (Å²) >= 11 is 5.14. The summed E-state index contributed by atoms with van der Waals surface area (Å²) in [5.74, 6) is 0.217. The summed E-state index contributed by atoms with van der Waals surface area (Å²) in [4.78, 5) is 12.3. The molecule has 0 atom stereocenters. The van der Waals surface area contributed by atoms with Crippen LogP contribution in [0.3, 0.4) is 0 Å². The lowest BCUT2D eigenvalue weighted by Crippen LogP contribution is -2.03. The molecule has 1 aromatic heterocycles. The minimum absolute atomic E-state index is 0.217. The predicted octanol–water partition coefficient (Wildman–Crippen LogP) is 3.59. The fraction of sp³-hybridized carbons (Fsp3) is 0.500. The van der Waals surface area contributed by atoms with E-state index in [9.17, 15) is 4.79 Å². The molecule has 0 N–H and O–H groups in total. The van der Waals surface area contributed by atoms with Crippen molar-refractivity contribution >= 4 is 33.0 Å². The number of halogens is 1. The predicted molar refractivity (Wildman–Crippen MR) is 58.7 cm³/mol. The quantitative estimate of drug-likeness (QED) is 0.704. The van der Waals surface area contributed by atoms with Gasteiger partial charge in [0.15, 0.2) is 5.78 Å². The molecule has 0 unspecified atom stereocenters. The molecule has 0 saturated heterocycles. The third kappa shape index (κ3) is 1.59. The largest absolute Gasteiger partial charge is 0.294 e. The maximum absolute atomic E-state index is 11.3. The minimum Gasteiger partial charge on any atom is -0.294 e. The Labute approximate surface area is 90.3 Å². The van der Waals surface area contributed by atoms with Crippen LogP contribution in [0.1, 0.15) is 40.6 Å². The molecule has 0 aromatic carbocycles. The van der Waals surface area contributed by atoms with Gasteiger partial charge in [-0.25, -0.2) is 0 Å². The fourth-order valence-electron chi connectivity index (χ4n) is 1.87. The number of rotatable bonds is 1. The van der Waals surface area contributed by atoms with E-state index in [0.29, 0.717) is 0 Å². The molecule has 1 heterocycles. The van der Waals surface area contributed by atoms with Crippen LogP contribution in [0.15, 0.2) is 3.79 Å². The highest BCUT2D eigenvalue weighted by atomic mass is 79.9. The van der Waals surface area contributed by atoms with Gasteiger partial charge >= 0.3 is 0 Å². The van der Waals surface area contributed by atoms with Crippen molar-refractivity contribution < 1.29 is 4.79 Å². The maximum atomic E-state index is 11.3. The standard InChI is InChI=1S/C10H11BrOS/c1-6(12)9-7-4-2-3-5-8(7)10(11)13-9/h2-5H2,1H3. The first-order valence-electron chi connectivity index (χ1n) is 4.51. The molecule has 1 nitrogen and oxygen atoms in total. The number of hydrogen-bond donors (Lipinski definition) is 0. The van der Waals surface area contributed by atoms with Gasteiger partial charge in [0.2, 0.25) is 0 Å². The van der Waals surface area contributed by atoms with E-state index in [4.69, 9.17) is 0 Å². The molecule has 1 aliphatic carbocycles. The summed E-state index contributed by atoms with van der Waals surface area (Å²) in [6.07, 6.45) is 4.72. The smallest absolute Gasteiger partial charge is 0.170 e. The third-order valence-corrected chi connectivity index (χ3v) is 4.62. The van der Waals surface area contributed by atoms with E-state index in [0.717, 1.165) is 17.7 Å². The molecule has 70 valence electrons. The van der Waals surface area contributed by atoms with Gasteiger partial charge in [-0.2, -0.15) is 0 Å². The first-order chi connectivity index (χ1) is 6.20. The SMILES string of the molecule is CC(=O)c1sc(Br)c2c1CCCC2. The van der Waals surface area contributed by atoms with E-state index in [1.165, 1.54) is 27.8 Å². The van der Waals surface area contributed by atoms with Crippen molar-refractivity contribution in [1.29, 1.82) is 0 Å². The van der Waals surface area contributed by atoms with Crippen LogP contribution >= 0.6 is 27.3 Å². The monoisotopic (exact) mass is 258 g/mol. The zero-order valence-corrected chi connectivity index (χ0v) is 9.93. The molecule has 13 heavy (non-hydrogen) atoms. The van der Waals surface area contributed by atoms with Gasteiger partial charge in [-0.3, -0.25) is 4.79 Å². The first-order valence-corrected chi connectivity index (χ1v) is 6.12. The van der Waals surface area contributed by atoms with Crippen LogP contribution in [-0.2, 0) is 12.8 Å². The summed E-state index contributed by atoms with van der Waals surface area (Å²) < 4.78 is 1.17. The lowest BCUT2D eigenvalue weighted by molar-refractivity contribution is 0.102. The molecule has 0 amide bonds. The van der Waals surface area contributed by atoms with Crippen LogP contribution in [0.5, 0.6) is 0 Å². The van der Waals surface area contributed by atoms with Crippen molar-refractivity contribution in [3.05, 3.63) is 19.8 Å². The number of ketones is 1. The van der Waals surface area contributed by atoms with Gasteiger partial charge in [0, 0.05) is 0 Å². The topological polar surface area (TPSA) is 17.1 Å². The molecular formula is C10H11BrOS. The molecule has 1 aliphatic rings. The second-order valence-electron chi connectivity index (χ2n) is 3.43. The van der Waals surface area contributed by atoms with E-state index in [1.807, 2.05) is 0 Å². The zero-order chi connectivity index (χ0) is 9.42. The van der Waals surface area contributed by atoms with Gasteiger partial charge in [-0.1, -0.05) is 0 Å². The van der Waals surface area contributed by atoms with Crippen LogP contribution in [0.25, 0.3) is 0 Å². The average Bonchev–Trinajstić information content (AvgIpc) is 2.45. The van der Waals surface area contributed by atoms with E-state index < -0.39 is 0 Å². The maximum Gasteiger partial charge on any atom is 0.170 e. The summed E-state index contributed by atoms with van der Waals surface area (Å²) in [6.45, 7) is 1.66. The highest BCUT2D eigenvalue weighted by molar-refractivity contribution is 9.11. The number of fused-ring (bicyclic) bond motifs is 1. The van der Waals surface area contributed by atoms with Crippen molar-refractivity contribution in [3.63, 3.8) is 0 Å². The molecule has 1 aromatic rings. The Morgan fingerprint density at radius 3 is 2.54 bits per heavy atom. The Kier molecular flexibility index (Phi) is 2.56. The minimum atomic E-state index is 0.217. The zero-order valence-electron chi connectivity index (χ0n) is 7.52. The summed E-state index contributed by atoms with van der Waals surface area (Å²) in [6, 6.07) is 0. The average molecular weight is 259 g/mol. The van der Waals surface area contributed by atoms with Crippen molar-refractivity contribution in [3.8, 4) is 0 Å². The number of thiophene rings is 1. The molecule has 0 radical (unpaired) electrons. The molecule has 0 fully saturated rings. The highest BCUT2D eigenvalue weighted by Crippen LogP contribution is 2.37. The van der Waals surface area contributed by atoms with Crippen LogP contribution in [0.4, 0.5) is 0 Å². The fourth-order valence-corrected chi connectivity index (χ4v) is 3.81. The molecule has 2 rings (SSSR count). The normalized spacial score (nSPS) is 15.5. The van der Waals surface area contributed by atoms with Gasteiger partial charge in [0.05, 0.1) is 8.66 Å². The van der Waals surface area contributed by atoms with Crippen molar-refractivity contribution in [2.75, 3.05) is 0 Å². The van der Waals surface area contributed by atoms with Gasteiger partial charge in [-0.15, -0.1) is 11.3 Å². The van der Waals surface area contributed by atoms with Crippen molar-refractivity contribution in [2.45, 2.75) is 32.6 Å². The molecular weight excluding hydrogens is 248 g/mol. The Morgan fingerprint density at radius 2 is 1.92 bits per heavy atom. The van der Waals surface area contributed by atoms with Crippen LogP contribution in [0, 0.1) is 0 Å². The van der Waals surface area contributed by atoms with Gasteiger partial charge in [-0.05, 0) is 59.7 Å². The van der Waals surface area contributed by atoms with Crippen LogP contribution < -0.4 is 0 Å². The van der Waals surface area contributed by atoms with E-state index in [-0.39, 0.29) is 5.78 Å². The Hall–Kier alpha value is -0.150. The van der Waals surface area contributed by atoms with E-state index in [2.05, 4.69) is 15.9 Å². The van der Waals surface area contributed by atoms with Gasteiger partial charge in [0.25, 0.3) is 0 Å². The molecule has 0 spiro atoms. The Balaban J connectivity index is 2.53. The molecule has 0 bridgehead atoms. The first kappa shape index (κ1) is 9.41. The molecule has 0 saturated carbocycles. The van der Waals surface area contributed by atoms with Crippen molar-refractivity contribution in [1.82, 2.24) is 0 Å². The number of hydrogen-bond acceptors (Lipinski definition) is 2. The summed E-state index contributed by atoms with van der Waals surface area (Å²) in [5, 5.41) is 0. The molecule has 3 heteroatoms. The molecule has 0 aliphatic heterocycles. The Bertz CT molecular complexity index is 354. The number of carbonyl (C=O) groups excluding carboxylic acids is 1.